The minimum atomic E-state index is -2.75. The fourth-order valence-corrected chi connectivity index (χ4v) is 34.1. The Morgan fingerprint density at radius 3 is 1.55 bits per heavy atom. The fraction of sp³-hybridized carbons (Fsp3) is 0.0612. The number of halogens is 2. The van der Waals surface area contributed by atoms with Gasteiger partial charge in [-0.1, -0.05) is 0 Å². The summed E-state index contributed by atoms with van der Waals surface area (Å²) in [5.74, 6) is 0. The first-order chi connectivity index (χ1) is 25.3. The molecule has 0 N–H and O–H groups in total. The van der Waals surface area contributed by atoms with E-state index >= 15 is 0 Å². The van der Waals surface area contributed by atoms with Crippen molar-refractivity contribution in [1.29, 1.82) is 0 Å². The minimum absolute atomic E-state index is 0. The maximum atomic E-state index is 2.59. The van der Waals surface area contributed by atoms with Crippen molar-refractivity contribution in [3.8, 4) is 22.3 Å². The summed E-state index contributed by atoms with van der Waals surface area (Å²) in [5.41, 5.74) is 12.1. The molecule has 4 heteroatoms. The molecule has 0 aromatic heterocycles. The molecule has 0 spiro atoms. The minimum Gasteiger partial charge on any atom is -1.00 e. The van der Waals surface area contributed by atoms with Crippen LogP contribution in [0.25, 0.3) is 49.9 Å². The average molecular weight is 815 g/mol. The van der Waals surface area contributed by atoms with Crippen LogP contribution in [0.15, 0.2) is 188 Å². The van der Waals surface area contributed by atoms with Gasteiger partial charge in [-0.3, -0.25) is 0 Å². The Morgan fingerprint density at radius 1 is 0.415 bits per heavy atom. The van der Waals surface area contributed by atoms with E-state index in [1.165, 1.54) is 49.4 Å². The molecule has 53 heavy (non-hydrogen) atoms. The number of rotatable bonds is 5. The molecule has 0 fully saturated rings. The molecule has 0 heterocycles. The van der Waals surface area contributed by atoms with Crippen molar-refractivity contribution >= 4 is 43.4 Å². The molecule has 10 rings (SSSR count). The first-order valence-electron chi connectivity index (χ1n) is 18.0. The van der Waals surface area contributed by atoms with Gasteiger partial charge >= 0.3 is 310 Å². The quantitative estimate of drug-likeness (QED) is 0.163. The van der Waals surface area contributed by atoms with Gasteiger partial charge in [-0.05, 0) is 0 Å². The molecule has 2 aliphatic rings. The summed E-state index contributed by atoms with van der Waals surface area (Å²) < 4.78 is 0.908. The SMILES string of the molecule is CC1=Cc2c(-c3cc4ccccc4c4ccccc34)cccc2[CH]1[Zr+2]([CH]1c2ccccc2-c2ccccc21)=[Si](c1ccccc1)c1ccccc1.[Cl-].[Cl-]. The standard InChI is InChI=1S/C24H17.C13H9.C12H10Si.2ClH.Zr/c1-16-13-17-8-6-12-22(23(17)14-16)24-15-18-7-2-3-9-19(18)20-10-4-5-11-21(20)24;1-3-7-12-10(5-1)9-11-6-2-4-8-13(11)12;1-3-7-11(8-4-1)13-12-9-5-2-6-10-12;;;/h2-15H,1H3;1-9H;1-10H;2*1H;/q;;;;;+2/p-2. The normalized spacial score (nSPS) is 13.9. The average Bonchev–Trinajstić information content (AvgIpc) is 3.71. The number of hydrogen-bond donors (Lipinski definition) is 0. The predicted molar refractivity (Wildman–Crippen MR) is 215 cm³/mol. The van der Waals surface area contributed by atoms with Crippen LogP contribution in [0.5, 0.6) is 0 Å². The van der Waals surface area contributed by atoms with Crippen LogP contribution in [-0.2, 0) is 20.4 Å². The summed E-state index contributed by atoms with van der Waals surface area (Å²) in [7, 11) is 0. The van der Waals surface area contributed by atoms with Crippen molar-refractivity contribution in [1.82, 2.24) is 0 Å². The summed E-state index contributed by atoms with van der Waals surface area (Å²) in [5, 5.41) is 8.39. The maximum Gasteiger partial charge on any atom is -1.00 e. The van der Waals surface area contributed by atoms with Crippen LogP contribution in [0, 0.1) is 0 Å². The monoisotopic (exact) mass is 812 g/mol. The van der Waals surface area contributed by atoms with Crippen molar-refractivity contribution in [2.45, 2.75) is 14.2 Å². The van der Waals surface area contributed by atoms with E-state index in [9.17, 15) is 0 Å². The number of hydrogen-bond acceptors (Lipinski definition) is 0. The Labute approximate surface area is 332 Å². The van der Waals surface area contributed by atoms with E-state index in [0.29, 0.717) is 7.25 Å². The van der Waals surface area contributed by atoms with Crippen molar-refractivity contribution in [3.05, 3.63) is 210 Å². The maximum absolute atomic E-state index is 2.75. The van der Waals surface area contributed by atoms with Crippen LogP contribution in [0.1, 0.15) is 36.4 Å². The van der Waals surface area contributed by atoms with Gasteiger partial charge < -0.3 is 24.8 Å². The molecule has 2 aliphatic carbocycles. The molecule has 0 saturated carbocycles. The van der Waals surface area contributed by atoms with E-state index in [1.54, 1.807) is 32.6 Å². The van der Waals surface area contributed by atoms with Crippen molar-refractivity contribution < 1.29 is 45.2 Å². The number of benzene rings is 8. The molecule has 0 nitrogen and oxygen atoms in total. The first kappa shape index (κ1) is 35.7. The second kappa shape index (κ2) is 14.8. The van der Waals surface area contributed by atoms with Gasteiger partial charge in [0.05, 0.1) is 0 Å². The summed E-state index contributed by atoms with van der Waals surface area (Å²) in [6.45, 7) is 2.45. The van der Waals surface area contributed by atoms with Crippen LogP contribution in [0.3, 0.4) is 0 Å². The molecule has 1 atom stereocenters. The zero-order valence-corrected chi connectivity index (χ0v) is 34.3. The molecule has 0 bridgehead atoms. The third-order valence-electron chi connectivity index (χ3n) is 11.2. The van der Waals surface area contributed by atoms with E-state index in [-0.39, 0.29) is 24.8 Å². The Hall–Kier alpha value is -4.30. The zero-order chi connectivity index (χ0) is 33.9. The molecule has 8 aromatic rings. The third kappa shape index (κ3) is 5.92. The van der Waals surface area contributed by atoms with E-state index in [1.807, 2.05) is 0 Å². The van der Waals surface area contributed by atoms with Gasteiger partial charge in [0.1, 0.15) is 0 Å². The Balaban J connectivity index is 0.00000200. The van der Waals surface area contributed by atoms with Gasteiger partial charge in [-0.2, -0.15) is 0 Å². The molecule has 0 radical (unpaired) electrons. The zero-order valence-electron chi connectivity index (χ0n) is 29.3. The number of allylic oxidation sites excluding steroid dienone is 1. The van der Waals surface area contributed by atoms with Gasteiger partial charge in [0.15, 0.2) is 0 Å². The summed E-state index contributed by atoms with van der Waals surface area (Å²) in [4.78, 5) is 0. The second-order valence-electron chi connectivity index (χ2n) is 14.0. The smallest absolute Gasteiger partial charge is 1.00 e. The van der Waals surface area contributed by atoms with Gasteiger partial charge in [-0.25, -0.2) is 0 Å². The molecular formula is C49H36Cl2SiZr. The molecule has 1 unspecified atom stereocenters. The van der Waals surface area contributed by atoms with E-state index in [0.717, 1.165) is 0 Å². The molecule has 0 saturated heterocycles. The molecule has 0 amide bonds. The van der Waals surface area contributed by atoms with Crippen LogP contribution in [0.2, 0.25) is 0 Å². The van der Waals surface area contributed by atoms with Crippen LogP contribution < -0.4 is 35.2 Å². The third-order valence-corrected chi connectivity index (χ3v) is 32.0. The van der Waals surface area contributed by atoms with E-state index in [2.05, 4.69) is 195 Å². The van der Waals surface area contributed by atoms with Crippen LogP contribution in [0.4, 0.5) is 0 Å². The second-order valence-corrected chi connectivity index (χ2v) is 28.1. The van der Waals surface area contributed by atoms with E-state index in [4.69, 9.17) is 0 Å². The number of fused-ring (bicyclic) bond motifs is 7. The largest absolute Gasteiger partial charge is 1.00 e. The van der Waals surface area contributed by atoms with Crippen molar-refractivity contribution in [2.24, 2.45) is 0 Å². The Bertz CT molecular complexity index is 2630. The fourth-order valence-electron chi connectivity index (χ4n) is 9.13. The summed E-state index contributed by atoms with van der Waals surface area (Å²) >= 11 is -2.75. The van der Waals surface area contributed by atoms with Crippen molar-refractivity contribution in [2.75, 3.05) is 0 Å². The topological polar surface area (TPSA) is 0 Å². The van der Waals surface area contributed by atoms with Crippen LogP contribution >= 0.6 is 0 Å². The first-order valence-corrected chi connectivity index (χ1v) is 26.0. The predicted octanol–water partition coefficient (Wildman–Crippen LogP) is 5.32. The van der Waals surface area contributed by atoms with Gasteiger partial charge in [-0.15, -0.1) is 0 Å². The van der Waals surface area contributed by atoms with Gasteiger partial charge in [0.25, 0.3) is 0 Å². The Morgan fingerprint density at radius 2 is 0.906 bits per heavy atom. The molecular weight excluding hydrogens is 779 g/mol. The Kier molecular flexibility index (Phi) is 10.0. The summed E-state index contributed by atoms with van der Waals surface area (Å²) in [6.07, 6.45) is 2.59. The van der Waals surface area contributed by atoms with Crippen LogP contribution in [-0.4, -0.2) is 5.43 Å². The van der Waals surface area contributed by atoms with Gasteiger partial charge in [0, 0.05) is 0 Å². The summed E-state index contributed by atoms with van der Waals surface area (Å²) in [6, 6.07) is 69.5. The molecule has 8 aromatic carbocycles. The van der Waals surface area contributed by atoms with E-state index < -0.39 is 25.8 Å². The molecule has 254 valence electrons. The van der Waals surface area contributed by atoms with Crippen molar-refractivity contribution in [3.63, 3.8) is 0 Å². The molecule has 0 aliphatic heterocycles. The van der Waals surface area contributed by atoms with Gasteiger partial charge in [0.2, 0.25) is 0 Å².